The summed E-state index contributed by atoms with van der Waals surface area (Å²) < 4.78 is 56.8. The number of hydrogen-bond donors (Lipinski definition) is 0. The third kappa shape index (κ3) is 3.28. The van der Waals surface area contributed by atoms with Crippen molar-refractivity contribution in [1.82, 2.24) is 4.98 Å². The number of halogens is 4. The van der Waals surface area contributed by atoms with Crippen molar-refractivity contribution in [3.8, 4) is 17.7 Å². The van der Waals surface area contributed by atoms with Gasteiger partial charge in [-0.2, -0.15) is 18.4 Å². The Balaban J connectivity index is 2.47. The summed E-state index contributed by atoms with van der Waals surface area (Å²) in [6, 6.07) is 7.02. The fourth-order valence-electron chi connectivity index (χ4n) is 1.71. The second kappa shape index (κ2) is 5.40. The highest BCUT2D eigenvalue weighted by atomic mass is 19.4. The molecule has 0 N–H and O–H groups in total. The maximum absolute atomic E-state index is 13.0. The van der Waals surface area contributed by atoms with E-state index in [1.807, 2.05) is 0 Å². The van der Waals surface area contributed by atoms with Gasteiger partial charge >= 0.3 is 6.18 Å². The number of pyridine rings is 1. The van der Waals surface area contributed by atoms with Crippen molar-refractivity contribution < 1.29 is 22.3 Å². The SMILES string of the molecule is Cc1nc(Oc2cccc(F)c2)cc(C(F)(F)F)c1C#N. The lowest BCUT2D eigenvalue weighted by Gasteiger charge is -2.13. The van der Waals surface area contributed by atoms with Crippen molar-refractivity contribution in [2.75, 3.05) is 0 Å². The summed E-state index contributed by atoms with van der Waals surface area (Å²) in [5.41, 5.74) is -1.81. The van der Waals surface area contributed by atoms with Gasteiger partial charge in [0.25, 0.3) is 0 Å². The van der Waals surface area contributed by atoms with E-state index in [4.69, 9.17) is 10.00 Å². The Morgan fingerprint density at radius 2 is 1.95 bits per heavy atom. The van der Waals surface area contributed by atoms with Crippen LogP contribution in [0.25, 0.3) is 0 Å². The smallest absolute Gasteiger partial charge is 0.417 e. The summed E-state index contributed by atoms with van der Waals surface area (Å²) in [6.07, 6.45) is -4.71. The minimum absolute atomic E-state index is 0.0136. The van der Waals surface area contributed by atoms with Gasteiger partial charge in [0.15, 0.2) is 0 Å². The molecule has 0 bridgehead atoms. The zero-order chi connectivity index (χ0) is 15.6. The average Bonchev–Trinajstić information content (AvgIpc) is 2.37. The van der Waals surface area contributed by atoms with Gasteiger partial charge in [-0.05, 0) is 19.1 Å². The standard InChI is InChI=1S/C14H8F4N2O/c1-8-11(7-19)12(14(16,17)18)6-13(20-8)21-10-4-2-3-9(15)5-10/h2-6H,1H3. The van der Waals surface area contributed by atoms with Gasteiger partial charge < -0.3 is 4.74 Å². The molecule has 2 rings (SSSR count). The number of nitrogens with zero attached hydrogens (tertiary/aromatic N) is 2. The van der Waals surface area contributed by atoms with Crippen LogP contribution in [0.15, 0.2) is 30.3 Å². The highest BCUT2D eigenvalue weighted by molar-refractivity contribution is 5.45. The molecule has 0 unspecified atom stereocenters. The zero-order valence-corrected chi connectivity index (χ0v) is 10.7. The van der Waals surface area contributed by atoms with Gasteiger partial charge in [-0.15, -0.1) is 0 Å². The zero-order valence-electron chi connectivity index (χ0n) is 10.7. The molecule has 0 saturated heterocycles. The van der Waals surface area contributed by atoms with E-state index in [1.165, 1.54) is 31.2 Å². The van der Waals surface area contributed by atoms with Crippen molar-refractivity contribution in [2.24, 2.45) is 0 Å². The van der Waals surface area contributed by atoms with Crippen molar-refractivity contribution in [3.05, 3.63) is 53.0 Å². The van der Waals surface area contributed by atoms with Gasteiger partial charge in [0.1, 0.15) is 17.6 Å². The summed E-state index contributed by atoms with van der Waals surface area (Å²) in [6.45, 7) is 1.27. The van der Waals surface area contributed by atoms with E-state index in [0.717, 1.165) is 6.07 Å². The molecular formula is C14H8F4N2O. The molecule has 1 aromatic heterocycles. The fraction of sp³-hybridized carbons (Fsp3) is 0.143. The molecule has 0 amide bonds. The molecule has 0 aliphatic carbocycles. The topological polar surface area (TPSA) is 45.9 Å². The Morgan fingerprint density at radius 3 is 2.52 bits per heavy atom. The van der Waals surface area contributed by atoms with E-state index in [1.54, 1.807) is 0 Å². The Labute approximate surface area is 117 Å². The quantitative estimate of drug-likeness (QED) is 0.780. The first kappa shape index (κ1) is 14.8. The molecule has 1 aromatic carbocycles. The maximum Gasteiger partial charge on any atom is 0.417 e. The van der Waals surface area contributed by atoms with Gasteiger partial charge in [-0.25, -0.2) is 9.37 Å². The molecule has 0 fully saturated rings. The van der Waals surface area contributed by atoms with Crippen molar-refractivity contribution in [3.63, 3.8) is 0 Å². The largest absolute Gasteiger partial charge is 0.439 e. The number of ether oxygens (including phenoxy) is 1. The van der Waals surface area contributed by atoms with Crippen LogP contribution in [0.3, 0.4) is 0 Å². The van der Waals surface area contributed by atoms with E-state index in [9.17, 15) is 17.6 Å². The summed E-state index contributed by atoms with van der Waals surface area (Å²) in [4.78, 5) is 3.78. The molecule has 2 aromatic rings. The van der Waals surface area contributed by atoms with Crippen LogP contribution in [0.1, 0.15) is 16.8 Å². The highest BCUT2D eigenvalue weighted by Crippen LogP contribution is 2.35. The van der Waals surface area contributed by atoms with E-state index < -0.39 is 23.1 Å². The van der Waals surface area contributed by atoms with Crippen LogP contribution >= 0.6 is 0 Å². The van der Waals surface area contributed by atoms with Crippen LogP contribution in [0, 0.1) is 24.1 Å². The highest BCUT2D eigenvalue weighted by Gasteiger charge is 2.35. The number of benzene rings is 1. The van der Waals surface area contributed by atoms with Gasteiger partial charge in [0.05, 0.1) is 16.8 Å². The van der Waals surface area contributed by atoms with Gasteiger partial charge in [0, 0.05) is 12.1 Å². The second-order valence-electron chi connectivity index (χ2n) is 4.14. The summed E-state index contributed by atoms with van der Waals surface area (Å²) in [5.74, 6) is -0.932. The van der Waals surface area contributed by atoms with Crippen molar-refractivity contribution in [2.45, 2.75) is 13.1 Å². The van der Waals surface area contributed by atoms with Crippen molar-refractivity contribution >= 4 is 0 Å². The molecule has 0 aliphatic heterocycles. The molecule has 3 nitrogen and oxygen atoms in total. The number of aryl methyl sites for hydroxylation is 1. The monoisotopic (exact) mass is 296 g/mol. The first-order chi connectivity index (χ1) is 9.81. The van der Waals surface area contributed by atoms with Crippen LogP contribution in [0.2, 0.25) is 0 Å². The average molecular weight is 296 g/mol. The fourth-order valence-corrected chi connectivity index (χ4v) is 1.71. The van der Waals surface area contributed by atoms with Crippen LogP contribution in [0.5, 0.6) is 11.6 Å². The molecule has 0 atom stereocenters. The van der Waals surface area contributed by atoms with Crippen LogP contribution in [-0.4, -0.2) is 4.98 Å². The second-order valence-corrected chi connectivity index (χ2v) is 4.14. The molecule has 7 heteroatoms. The van der Waals surface area contributed by atoms with Crippen LogP contribution < -0.4 is 4.74 Å². The number of rotatable bonds is 2. The minimum atomic E-state index is -4.71. The van der Waals surface area contributed by atoms with Gasteiger partial charge in [-0.3, -0.25) is 0 Å². The Kier molecular flexibility index (Phi) is 3.80. The number of aromatic nitrogens is 1. The molecular weight excluding hydrogens is 288 g/mol. The van der Waals surface area contributed by atoms with Crippen LogP contribution in [0.4, 0.5) is 17.6 Å². The van der Waals surface area contributed by atoms with E-state index in [-0.39, 0.29) is 17.3 Å². The van der Waals surface area contributed by atoms with Crippen LogP contribution in [-0.2, 0) is 6.18 Å². The third-order valence-electron chi connectivity index (χ3n) is 2.61. The predicted molar refractivity (Wildman–Crippen MR) is 65.2 cm³/mol. The minimum Gasteiger partial charge on any atom is -0.439 e. The first-order valence-electron chi connectivity index (χ1n) is 5.73. The summed E-state index contributed by atoms with van der Waals surface area (Å²) in [7, 11) is 0. The summed E-state index contributed by atoms with van der Waals surface area (Å²) in [5, 5.41) is 8.80. The molecule has 1 heterocycles. The molecule has 0 aliphatic rings. The van der Waals surface area contributed by atoms with E-state index >= 15 is 0 Å². The van der Waals surface area contributed by atoms with Gasteiger partial charge in [-0.1, -0.05) is 6.07 Å². The molecule has 0 spiro atoms. The molecule has 0 saturated carbocycles. The van der Waals surface area contributed by atoms with Gasteiger partial charge in [0.2, 0.25) is 5.88 Å². The number of hydrogen-bond acceptors (Lipinski definition) is 3. The summed E-state index contributed by atoms with van der Waals surface area (Å²) >= 11 is 0. The molecule has 21 heavy (non-hydrogen) atoms. The number of nitriles is 1. The first-order valence-corrected chi connectivity index (χ1v) is 5.73. The molecule has 108 valence electrons. The predicted octanol–water partition coefficient (Wildman–Crippen LogP) is 4.21. The third-order valence-corrected chi connectivity index (χ3v) is 2.61. The maximum atomic E-state index is 13.0. The van der Waals surface area contributed by atoms with E-state index in [0.29, 0.717) is 6.07 Å². The van der Waals surface area contributed by atoms with Crippen molar-refractivity contribution in [1.29, 1.82) is 5.26 Å². The van der Waals surface area contributed by atoms with E-state index in [2.05, 4.69) is 4.98 Å². The lowest BCUT2D eigenvalue weighted by molar-refractivity contribution is -0.138. The lowest BCUT2D eigenvalue weighted by atomic mass is 10.1. The number of alkyl halides is 3. The Hall–Kier alpha value is -2.62. The molecule has 0 radical (unpaired) electrons. The Morgan fingerprint density at radius 1 is 1.24 bits per heavy atom. The Bertz CT molecular complexity index is 720. The lowest BCUT2D eigenvalue weighted by Crippen LogP contribution is -2.10. The normalized spacial score (nSPS) is 11.0.